The Morgan fingerprint density at radius 3 is 2.52 bits per heavy atom. The lowest BCUT2D eigenvalue weighted by molar-refractivity contribution is -0.122. The number of likely N-dealkylation sites (tertiary alicyclic amines) is 1. The lowest BCUT2D eigenvalue weighted by atomic mass is 10.1. The lowest BCUT2D eigenvalue weighted by Gasteiger charge is -2.32. The summed E-state index contributed by atoms with van der Waals surface area (Å²) in [5.41, 5.74) is 0.983. The number of nitrogens with zero attached hydrogens (tertiary/aromatic N) is 1. The van der Waals surface area contributed by atoms with E-state index in [-0.39, 0.29) is 17.9 Å². The van der Waals surface area contributed by atoms with Gasteiger partial charge in [-0.25, -0.2) is 9.59 Å². The summed E-state index contributed by atoms with van der Waals surface area (Å²) in [4.78, 5) is 38.0. The third kappa shape index (κ3) is 9.38. The maximum absolute atomic E-state index is 12.3. The molecular formula is C23H35N3O5. The van der Waals surface area contributed by atoms with Crippen molar-refractivity contribution in [2.45, 2.75) is 58.6 Å². The van der Waals surface area contributed by atoms with Crippen LogP contribution >= 0.6 is 0 Å². The second-order valence-electron chi connectivity index (χ2n) is 8.72. The predicted molar refractivity (Wildman–Crippen MR) is 118 cm³/mol. The number of piperidine rings is 1. The largest absolute Gasteiger partial charge is 0.462 e. The maximum atomic E-state index is 12.3. The normalized spacial score (nSPS) is 15.2. The van der Waals surface area contributed by atoms with Gasteiger partial charge in [0.1, 0.15) is 5.60 Å². The molecule has 172 valence electrons. The summed E-state index contributed by atoms with van der Waals surface area (Å²) in [5.74, 6) is -0.363. The van der Waals surface area contributed by atoms with Crippen molar-refractivity contribution in [3.63, 3.8) is 0 Å². The van der Waals surface area contributed by atoms with E-state index in [4.69, 9.17) is 9.47 Å². The van der Waals surface area contributed by atoms with Gasteiger partial charge in [0.15, 0.2) is 0 Å². The van der Waals surface area contributed by atoms with Crippen LogP contribution in [0.2, 0.25) is 0 Å². The van der Waals surface area contributed by atoms with Gasteiger partial charge in [-0.3, -0.25) is 9.69 Å². The molecule has 31 heavy (non-hydrogen) atoms. The first-order valence-corrected chi connectivity index (χ1v) is 10.9. The molecular weight excluding hydrogens is 398 g/mol. The van der Waals surface area contributed by atoms with Crippen LogP contribution < -0.4 is 10.6 Å². The van der Waals surface area contributed by atoms with Crippen molar-refractivity contribution in [3.8, 4) is 0 Å². The van der Waals surface area contributed by atoms with E-state index in [0.717, 1.165) is 31.5 Å². The maximum Gasteiger partial charge on any atom is 0.407 e. The average Bonchev–Trinajstić information content (AvgIpc) is 2.68. The molecule has 1 aliphatic rings. The molecule has 2 amide bonds. The van der Waals surface area contributed by atoms with E-state index in [1.807, 2.05) is 32.9 Å². The second-order valence-corrected chi connectivity index (χ2v) is 8.72. The van der Waals surface area contributed by atoms with E-state index in [1.165, 1.54) is 0 Å². The molecule has 1 fully saturated rings. The number of hydrogen-bond acceptors (Lipinski definition) is 6. The molecule has 1 aromatic rings. The Balaban J connectivity index is 1.66. The van der Waals surface area contributed by atoms with Gasteiger partial charge in [0.2, 0.25) is 5.91 Å². The lowest BCUT2D eigenvalue weighted by Crippen LogP contribution is -2.48. The van der Waals surface area contributed by atoms with E-state index in [1.54, 1.807) is 19.1 Å². The second kappa shape index (κ2) is 11.7. The van der Waals surface area contributed by atoms with Gasteiger partial charge in [0.05, 0.1) is 18.7 Å². The zero-order chi connectivity index (χ0) is 22.9. The van der Waals surface area contributed by atoms with Crippen molar-refractivity contribution >= 4 is 18.0 Å². The summed E-state index contributed by atoms with van der Waals surface area (Å²) in [7, 11) is 0. The van der Waals surface area contributed by atoms with Crippen LogP contribution in [0.25, 0.3) is 0 Å². The first-order chi connectivity index (χ1) is 14.7. The molecule has 8 heteroatoms. The van der Waals surface area contributed by atoms with Gasteiger partial charge < -0.3 is 20.1 Å². The fraction of sp³-hybridized carbons (Fsp3) is 0.609. The van der Waals surface area contributed by atoms with Crippen LogP contribution in [0.15, 0.2) is 24.3 Å². The molecule has 0 bridgehead atoms. The molecule has 0 saturated carbocycles. The van der Waals surface area contributed by atoms with Crippen LogP contribution in [0.5, 0.6) is 0 Å². The highest BCUT2D eigenvalue weighted by Crippen LogP contribution is 2.12. The zero-order valence-corrected chi connectivity index (χ0v) is 19.0. The van der Waals surface area contributed by atoms with Gasteiger partial charge >= 0.3 is 12.1 Å². The van der Waals surface area contributed by atoms with Gasteiger partial charge in [-0.2, -0.15) is 0 Å². The molecule has 0 spiro atoms. The molecule has 2 N–H and O–H groups in total. The minimum Gasteiger partial charge on any atom is -0.462 e. The van der Waals surface area contributed by atoms with E-state index in [2.05, 4.69) is 15.5 Å². The van der Waals surface area contributed by atoms with Crippen LogP contribution in [0, 0.1) is 0 Å². The molecule has 0 unspecified atom stereocenters. The highest BCUT2D eigenvalue weighted by atomic mass is 16.6. The molecule has 1 heterocycles. The van der Waals surface area contributed by atoms with E-state index < -0.39 is 11.7 Å². The minimum atomic E-state index is -0.511. The van der Waals surface area contributed by atoms with Gasteiger partial charge in [0.25, 0.3) is 0 Å². The Labute approximate surface area is 184 Å². The first kappa shape index (κ1) is 24.7. The molecule has 1 aliphatic heterocycles. The summed E-state index contributed by atoms with van der Waals surface area (Å²) in [6.07, 6.45) is 1.82. The quantitative estimate of drug-likeness (QED) is 0.612. The van der Waals surface area contributed by atoms with Crippen LogP contribution in [-0.4, -0.2) is 67.3 Å². The Morgan fingerprint density at radius 1 is 1.16 bits per heavy atom. The number of nitrogens with one attached hydrogen (secondary N) is 2. The van der Waals surface area contributed by atoms with Crippen molar-refractivity contribution in [2.75, 3.05) is 32.8 Å². The Bertz CT molecular complexity index is 752. The standard InChI is InChI=1S/C23H35N3O5/c1-5-30-21(28)18-8-6-7-17(15-18)9-12-24-20(27)16-26-13-10-19(11-14-26)25-22(29)31-23(2,3)4/h6-8,15,19H,5,9-14,16H2,1-4H3,(H,24,27)(H,25,29). The van der Waals surface area contributed by atoms with E-state index >= 15 is 0 Å². The summed E-state index contributed by atoms with van der Waals surface area (Å²) in [6.45, 7) is 9.96. The third-order valence-corrected chi connectivity index (χ3v) is 4.85. The van der Waals surface area contributed by atoms with Crippen molar-refractivity contribution in [2.24, 2.45) is 0 Å². The van der Waals surface area contributed by atoms with Gasteiger partial charge in [-0.1, -0.05) is 12.1 Å². The molecule has 0 radical (unpaired) electrons. The van der Waals surface area contributed by atoms with Crippen LogP contribution in [0.3, 0.4) is 0 Å². The fourth-order valence-electron chi connectivity index (χ4n) is 3.38. The SMILES string of the molecule is CCOC(=O)c1cccc(CCNC(=O)CN2CCC(NC(=O)OC(C)(C)C)CC2)c1. The Morgan fingerprint density at radius 2 is 1.87 bits per heavy atom. The van der Waals surface area contributed by atoms with Crippen LogP contribution in [0.1, 0.15) is 56.5 Å². The molecule has 0 atom stereocenters. The number of ether oxygens (including phenoxy) is 2. The van der Waals surface area contributed by atoms with Crippen molar-refractivity contribution < 1.29 is 23.9 Å². The summed E-state index contributed by atoms with van der Waals surface area (Å²) < 4.78 is 10.3. The zero-order valence-electron chi connectivity index (χ0n) is 19.0. The smallest absolute Gasteiger partial charge is 0.407 e. The summed E-state index contributed by atoms with van der Waals surface area (Å²) >= 11 is 0. The number of alkyl carbamates (subject to hydrolysis) is 1. The summed E-state index contributed by atoms with van der Waals surface area (Å²) in [5, 5.41) is 5.84. The highest BCUT2D eigenvalue weighted by molar-refractivity contribution is 5.89. The Hall–Kier alpha value is -2.61. The van der Waals surface area contributed by atoms with Gasteiger partial charge in [0, 0.05) is 25.7 Å². The number of carbonyl (C=O) groups excluding carboxylic acids is 3. The molecule has 2 rings (SSSR count). The molecule has 8 nitrogen and oxygen atoms in total. The van der Waals surface area contributed by atoms with Crippen molar-refractivity contribution in [3.05, 3.63) is 35.4 Å². The fourth-order valence-corrected chi connectivity index (χ4v) is 3.38. The third-order valence-electron chi connectivity index (χ3n) is 4.85. The number of rotatable bonds is 8. The topological polar surface area (TPSA) is 97.0 Å². The highest BCUT2D eigenvalue weighted by Gasteiger charge is 2.24. The first-order valence-electron chi connectivity index (χ1n) is 10.9. The number of amides is 2. The van der Waals surface area contributed by atoms with Crippen LogP contribution in [0.4, 0.5) is 4.79 Å². The predicted octanol–water partition coefficient (Wildman–Crippen LogP) is 2.51. The molecule has 0 aromatic heterocycles. The monoisotopic (exact) mass is 433 g/mol. The summed E-state index contributed by atoms with van der Waals surface area (Å²) in [6, 6.07) is 7.34. The number of esters is 1. The van der Waals surface area contributed by atoms with E-state index in [9.17, 15) is 14.4 Å². The van der Waals surface area contributed by atoms with Crippen LogP contribution in [-0.2, 0) is 20.7 Å². The van der Waals surface area contributed by atoms with Gasteiger partial charge in [-0.15, -0.1) is 0 Å². The number of carbonyl (C=O) groups is 3. The molecule has 0 aliphatic carbocycles. The minimum absolute atomic E-state index is 0.0277. The Kier molecular flexibility index (Phi) is 9.30. The molecule has 1 aromatic carbocycles. The van der Waals surface area contributed by atoms with Gasteiger partial charge in [-0.05, 0) is 64.7 Å². The van der Waals surface area contributed by atoms with Crippen molar-refractivity contribution in [1.29, 1.82) is 0 Å². The molecule has 1 saturated heterocycles. The average molecular weight is 434 g/mol. The van der Waals surface area contributed by atoms with E-state index in [0.29, 0.717) is 31.7 Å². The number of hydrogen-bond donors (Lipinski definition) is 2. The van der Waals surface area contributed by atoms with Crippen molar-refractivity contribution in [1.82, 2.24) is 15.5 Å². The number of benzene rings is 1.